The first-order valence-corrected chi connectivity index (χ1v) is 10.4. The average molecular weight is 445 g/mol. The highest BCUT2D eigenvalue weighted by Crippen LogP contribution is 2.32. The minimum absolute atomic E-state index is 0.0502. The lowest BCUT2D eigenvalue weighted by atomic mass is 10.1. The third-order valence-corrected chi connectivity index (χ3v) is 5.36. The topological polar surface area (TPSA) is 67.4 Å². The number of amides is 2. The van der Waals surface area contributed by atoms with Crippen LogP contribution in [0.1, 0.15) is 48.5 Å². The van der Waals surface area contributed by atoms with Crippen LogP contribution in [0.4, 0.5) is 11.4 Å². The van der Waals surface area contributed by atoms with Crippen molar-refractivity contribution < 1.29 is 14.3 Å². The van der Waals surface area contributed by atoms with Crippen molar-refractivity contribution in [1.29, 1.82) is 0 Å². The van der Waals surface area contributed by atoms with Crippen LogP contribution in [0.25, 0.3) is 0 Å². The molecular formula is C22H25BrN2O3. The van der Waals surface area contributed by atoms with Crippen LogP contribution >= 0.6 is 15.9 Å². The number of hydrogen-bond donors (Lipinski definition) is 2. The van der Waals surface area contributed by atoms with E-state index in [4.69, 9.17) is 4.74 Å². The first kappa shape index (κ1) is 20.4. The van der Waals surface area contributed by atoms with Crippen molar-refractivity contribution in [2.45, 2.75) is 39.5 Å². The van der Waals surface area contributed by atoms with Gasteiger partial charge in [0.2, 0.25) is 5.91 Å². The van der Waals surface area contributed by atoms with Crippen molar-refractivity contribution in [3.05, 3.63) is 52.0 Å². The molecule has 0 aromatic heterocycles. The lowest BCUT2D eigenvalue weighted by Crippen LogP contribution is -2.16. The molecule has 0 bridgehead atoms. The van der Waals surface area contributed by atoms with E-state index in [1.807, 2.05) is 25.1 Å². The second-order valence-corrected chi connectivity index (χ2v) is 7.90. The summed E-state index contributed by atoms with van der Waals surface area (Å²) in [6.07, 6.45) is 3.96. The van der Waals surface area contributed by atoms with Crippen molar-refractivity contribution in [3.63, 3.8) is 0 Å². The van der Waals surface area contributed by atoms with E-state index in [9.17, 15) is 9.59 Å². The lowest BCUT2D eigenvalue weighted by Gasteiger charge is -2.14. The van der Waals surface area contributed by atoms with Crippen LogP contribution in [0.2, 0.25) is 0 Å². The number of halogens is 1. The summed E-state index contributed by atoms with van der Waals surface area (Å²) in [6, 6.07) is 10.8. The highest BCUT2D eigenvalue weighted by Gasteiger charge is 2.29. The van der Waals surface area contributed by atoms with Gasteiger partial charge in [-0.1, -0.05) is 19.4 Å². The Balaban J connectivity index is 1.68. The molecule has 1 fully saturated rings. The molecule has 0 spiro atoms. The fraction of sp³-hybridized carbons (Fsp3) is 0.364. The normalized spacial score (nSPS) is 13.1. The summed E-state index contributed by atoms with van der Waals surface area (Å²) >= 11 is 3.47. The van der Waals surface area contributed by atoms with Crippen molar-refractivity contribution in [1.82, 2.24) is 0 Å². The number of anilines is 2. The fourth-order valence-corrected chi connectivity index (χ4v) is 3.26. The number of carbonyl (C=O) groups is 2. The SMILES string of the molecule is CCCCOc1ccc(C(=O)Nc2cccc(NC(=O)C3CC3)c2C)cc1Br. The zero-order chi connectivity index (χ0) is 20.1. The average Bonchev–Trinajstić information content (AvgIpc) is 3.51. The quantitative estimate of drug-likeness (QED) is 0.525. The maximum absolute atomic E-state index is 12.7. The molecule has 6 heteroatoms. The molecule has 0 saturated heterocycles. The molecule has 148 valence electrons. The van der Waals surface area contributed by atoms with Crippen molar-refractivity contribution in [3.8, 4) is 5.75 Å². The number of carbonyl (C=O) groups excluding carboxylic acids is 2. The monoisotopic (exact) mass is 444 g/mol. The van der Waals surface area contributed by atoms with Crippen molar-refractivity contribution in [2.24, 2.45) is 5.92 Å². The second-order valence-electron chi connectivity index (χ2n) is 7.04. The fourth-order valence-electron chi connectivity index (χ4n) is 2.77. The van der Waals surface area contributed by atoms with Gasteiger partial charge in [-0.2, -0.15) is 0 Å². The Bertz CT molecular complexity index is 878. The summed E-state index contributed by atoms with van der Waals surface area (Å²) in [5, 5.41) is 5.88. The maximum Gasteiger partial charge on any atom is 0.255 e. The Kier molecular flexibility index (Phi) is 6.73. The van der Waals surface area contributed by atoms with Gasteiger partial charge in [0.05, 0.1) is 11.1 Å². The van der Waals surface area contributed by atoms with E-state index < -0.39 is 0 Å². The number of nitrogens with one attached hydrogen (secondary N) is 2. The minimum Gasteiger partial charge on any atom is -0.492 e. The molecule has 2 aromatic carbocycles. The number of ether oxygens (including phenoxy) is 1. The van der Waals surface area contributed by atoms with E-state index in [1.54, 1.807) is 18.2 Å². The summed E-state index contributed by atoms with van der Waals surface area (Å²) in [4.78, 5) is 24.7. The highest BCUT2D eigenvalue weighted by molar-refractivity contribution is 9.10. The molecule has 1 aliphatic carbocycles. The summed E-state index contributed by atoms with van der Waals surface area (Å²) in [5.41, 5.74) is 2.78. The van der Waals surface area contributed by atoms with Gasteiger partial charge in [0.1, 0.15) is 5.75 Å². The van der Waals surface area contributed by atoms with Gasteiger partial charge in [0, 0.05) is 22.9 Å². The largest absolute Gasteiger partial charge is 0.492 e. The van der Waals surface area contributed by atoms with Crippen LogP contribution in [0, 0.1) is 12.8 Å². The summed E-state index contributed by atoms with van der Waals surface area (Å²) < 4.78 is 6.46. The molecule has 5 nitrogen and oxygen atoms in total. The molecule has 2 N–H and O–H groups in total. The molecule has 0 radical (unpaired) electrons. The Morgan fingerprint density at radius 3 is 2.50 bits per heavy atom. The zero-order valence-corrected chi connectivity index (χ0v) is 17.8. The first-order chi connectivity index (χ1) is 13.5. The number of benzene rings is 2. The molecule has 0 heterocycles. The predicted molar refractivity (Wildman–Crippen MR) is 115 cm³/mol. The number of hydrogen-bond acceptors (Lipinski definition) is 3. The summed E-state index contributed by atoms with van der Waals surface area (Å²) in [6.45, 7) is 4.65. The minimum atomic E-state index is -0.213. The molecule has 2 aromatic rings. The van der Waals surface area contributed by atoms with E-state index in [0.717, 1.165) is 47.2 Å². The molecule has 0 aliphatic heterocycles. The van der Waals surface area contributed by atoms with Gasteiger partial charge in [0.15, 0.2) is 0 Å². The number of unbranched alkanes of at least 4 members (excludes halogenated alkanes) is 1. The predicted octanol–water partition coefficient (Wildman–Crippen LogP) is 5.54. The van der Waals surface area contributed by atoms with Crippen molar-refractivity contribution in [2.75, 3.05) is 17.2 Å². The van der Waals surface area contributed by atoms with Gasteiger partial charge in [-0.3, -0.25) is 9.59 Å². The van der Waals surface area contributed by atoms with Gasteiger partial charge in [-0.05, 0) is 78.0 Å². The van der Waals surface area contributed by atoms with Crippen LogP contribution in [-0.2, 0) is 4.79 Å². The van der Waals surface area contributed by atoms with Crippen LogP contribution in [0.15, 0.2) is 40.9 Å². The third kappa shape index (κ3) is 5.13. The van der Waals surface area contributed by atoms with E-state index in [0.29, 0.717) is 17.9 Å². The number of rotatable bonds is 8. The summed E-state index contributed by atoms with van der Waals surface area (Å²) in [7, 11) is 0. The standard InChI is InChI=1S/C22H25BrN2O3/c1-3-4-12-28-20-11-10-16(13-17(20)23)22(27)25-19-7-5-6-18(14(19)2)24-21(26)15-8-9-15/h5-7,10-11,13,15H,3-4,8-9,12H2,1-2H3,(H,24,26)(H,25,27). The van der Waals surface area contributed by atoms with Crippen LogP contribution in [0.3, 0.4) is 0 Å². The van der Waals surface area contributed by atoms with Crippen LogP contribution < -0.4 is 15.4 Å². The van der Waals surface area contributed by atoms with E-state index >= 15 is 0 Å². The molecule has 2 amide bonds. The first-order valence-electron chi connectivity index (χ1n) is 9.63. The van der Waals surface area contributed by atoms with Crippen LogP contribution in [0.5, 0.6) is 5.75 Å². The Morgan fingerprint density at radius 2 is 1.86 bits per heavy atom. The maximum atomic E-state index is 12.7. The molecule has 0 unspecified atom stereocenters. The van der Waals surface area contributed by atoms with Gasteiger partial charge in [0.25, 0.3) is 5.91 Å². The molecule has 28 heavy (non-hydrogen) atoms. The lowest BCUT2D eigenvalue weighted by molar-refractivity contribution is -0.117. The zero-order valence-electron chi connectivity index (χ0n) is 16.2. The van der Waals surface area contributed by atoms with Gasteiger partial charge >= 0.3 is 0 Å². The van der Waals surface area contributed by atoms with Gasteiger partial charge in [-0.25, -0.2) is 0 Å². The Labute approximate surface area is 174 Å². The molecule has 1 saturated carbocycles. The Hall–Kier alpha value is -2.34. The third-order valence-electron chi connectivity index (χ3n) is 4.74. The van der Waals surface area contributed by atoms with E-state index in [-0.39, 0.29) is 17.7 Å². The second kappa shape index (κ2) is 9.24. The molecule has 3 rings (SSSR count). The summed E-state index contributed by atoms with van der Waals surface area (Å²) in [5.74, 6) is 0.697. The van der Waals surface area contributed by atoms with Gasteiger partial charge < -0.3 is 15.4 Å². The molecular weight excluding hydrogens is 420 g/mol. The van der Waals surface area contributed by atoms with E-state index in [1.165, 1.54) is 0 Å². The smallest absolute Gasteiger partial charge is 0.255 e. The molecule has 1 aliphatic rings. The van der Waals surface area contributed by atoms with Crippen molar-refractivity contribution >= 4 is 39.1 Å². The highest BCUT2D eigenvalue weighted by atomic mass is 79.9. The van der Waals surface area contributed by atoms with Crippen LogP contribution in [-0.4, -0.2) is 18.4 Å². The molecule has 0 atom stereocenters. The van der Waals surface area contributed by atoms with E-state index in [2.05, 4.69) is 33.5 Å². The van der Waals surface area contributed by atoms with Gasteiger partial charge in [-0.15, -0.1) is 0 Å². The Morgan fingerprint density at radius 1 is 1.14 bits per heavy atom.